The molecule has 1 N–H and O–H groups in total. The first kappa shape index (κ1) is 16.2. The minimum Gasteiger partial charge on any atom is -0.492 e. The number of carbonyl (C=O) groups excluding carboxylic acids is 1. The number of halogens is 2. The Morgan fingerprint density at radius 1 is 1.23 bits per heavy atom. The number of hydrogen-bond acceptors (Lipinski definition) is 2. The molecule has 0 saturated carbocycles. The van der Waals surface area contributed by atoms with Crippen LogP contribution in [0.3, 0.4) is 0 Å². The summed E-state index contributed by atoms with van der Waals surface area (Å²) in [4.78, 5) is 11.6. The smallest absolute Gasteiger partial charge is 0.244 e. The Labute approximate surface area is 136 Å². The van der Waals surface area contributed by atoms with Gasteiger partial charge < -0.3 is 10.1 Å². The SMILES string of the molecule is O=C(/C=C/c1cc(Br)ccc1F)NCCOc1ccccc1. The second-order valence-electron chi connectivity index (χ2n) is 4.45. The summed E-state index contributed by atoms with van der Waals surface area (Å²) in [5.74, 6) is 0.0826. The molecule has 0 saturated heterocycles. The van der Waals surface area contributed by atoms with Gasteiger partial charge in [0, 0.05) is 16.1 Å². The molecule has 5 heteroatoms. The van der Waals surface area contributed by atoms with E-state index in [1.54, 1.807) is 12.1 Å². The number of benzene rings is 2. The molecule has 0 aliphatic carbocycles. The summed E-state index contributed by atoms with van der Waals surface area (Å²) in [5.41, 5.74) is 0.352. The van der Waals surface area contributed by atoms with Crippen molar-refractivity contribution >= 4 is 27.9 Å². The molecular formula is C17H15BrFNO2. The van der Waals surface area contributed by atoms with E-state index in [9.17, 15) is 9.18 Å². The maximum absolute atomic E-state index is 13.5. The summed E-state index contributed by atoms with van der Waals surface area (Å²) in [5, 5.41) is 2.67. The largest absolute Gasteiger partial charge is 0.492 e. The van der Waals surface area contributed by atoms with E-state index in [1.165, 1.54) is 18.2 Å². The van der Waals surface area contributed by atoms with Crippen molar-refractivity contribution < 1.29 is 13.9 Å². The van der Waals surface area contributed by atoms with Gasteiger partial charge >= 0.3 is 0 Å². The van der Waals surface area contributed by atoms with Crippen molar-refractivity contribution in [2.24, 2.45) is 0 Å². The van der Waals surface area contributed by atoms with Gasteiger partial charge in [0.1, 0.15) is 18.2 Å². The van der Waals surface area contributed by atoms with E-state index in [-0.39, 0.29) is 11.7 Å². The van der Waals surface area contributed by atoms with Gasteiger partial charge in [-0.25, -0.2) is 4.39 Å². The molecule has 2 aromatic rings. The van der Waals surface area contributed by atoms with Crippen LogP contribution in [0.1, 0.15) is 5.56 Å². The van der Waals surface area contributed by atoms with Crippen LogP contribution in [0.2, 0.25) is 0 Å². The lowest BCUT2D eigenvalue weighted by Gasteiger charge is -2.06. The lowest BCUT2D eigenvalue weighted by Crippen LogP contribution is -2.26. The summed E-state index contributed by atoms with van der Waals surface area (Å²) in [6.45, 7) is 0.744. The Kier molecular flexibility index (Phi) is 6.15. The molecule has 1 amide bonds. The third-order valence-electron chi connectivity index (χ3n) is 2.79. The lowest BCUT2D eigenvalue weighted by molar-refractivity contribution is -0.116. The van der Waals surface area contributed by atoms with Gasteiger partial charge in [-0.15, -0.1) is 0 Å². The fraction of sp³-hybridized carbons (Fsp3) is 0.118. The van der Waals surface area contributed by atoms with Crippen LogP contribution in [0.4, 0.5) is 4.39 Å². The molecule has 3 nitrogen and oxygen atoms in total. The molecule has 0 aromatic heterocycles. The van der Waals surface area contributed by atoms with Gasteiger partial charge in [-0.3, -0.25) is 4.79 Å². The molecule has 0 bridgehead atoms. The summed E-state index contributed by atoms with van der Waals surface area (Å²) in [6, 6.07) is 13.9. The Morgan fingerprint density at radius 2 is 2.00 bits per heavy atom. The second-order valence-corrected chi connectivity index (χ2v) is 5.37. The molecule has 0 radical (unpaired) electrons. The van der Waals surface area contributed by atoms with Gasteiger partial charge in [0.15, 0.2) is 0 Å². The quantitative estimate of drug-likeness (QED) is 0.626. The Balaban J connectivity index is 1.76. The van der Waals surface area contributed by atoms with Crippen molar-refractivity contribution in [3.8, 4) is 5.75 Å². The number of nitrogens with one attached hydrogen (secondary N) is 1. The number of carbonyl (C=O) groups is 1. The average Bonchev–Trinajstić information content (AvgIpc) is 2.53. The first-order valence-corrected chi connectivity index (χ1v) is 7.53. The van der Waals surface area contributed by atoms with Crippen LogP contribution in [-0.2, 0) is 4.79 Å². The molecule has 0 aliphatic rings. The molecule has 0 spiro atoms. The van der Waals surface area contributed by atoms with Crippen molar-refractivity contribution in [2.45, 2.75) is 0 Å². The third kappa shape index (κ3) is 5.33. The maximum Gasteiger partial charge on any atom is 0.244 e. The van der Waals surface area contributed by atoms with Crippen molar-refractivity contribution in [2.75, 3.05) is 13.2 Å². The molecule has 0 heterocycles. The normalized spacial score (nSPS) is 10.6. The summed E-state index contributed by atoms with van der Waals surface area (Å²) < 4.78 is 19.7. The van der Waals surface area contributed by atoms with Crippen molar-refractivity contribution in [3.05, 3.63) is 70.5 Å². The number of para-hydroxylation sites is 1. The third-order valence-corrected chi connectivity index (χ3v) is 3.28. The van der Waals surface area contributed by atoms with Gasteiger partial charge in [-0.05, 0) is 36.4 Å². The van der Waals surface area contributed by atoms with Crippen molar-refractivity contribution in [3.63, 3.8) is 0 Å². The van der Waals surface area contributed by atoms with Gasteiger partial charge in [0.05, 0.1) is 6.54 Å². The predicted octanol–water partition coefficient (Wildman–Crippen LogP) is 3.80. The van der Waals surface area contributed by atoms with E-state index in [1.807, 2.05) is 30.3 Å². The molecule has 0 aliphatic heterocycles. The number of hydrogen-bond donors (Lipinski definition) is 1. The molecule has 0 atom stereocenters. The minimum atomic E-state index is -0.375. The van der Waals surface area contributed by atoms with Crippen LogP contribution in [0.5, 0.6) is 5.75 Å². The standard InChI is InChI=1S/C17H15BrFNO2/c18-14-7-8-16(19)13(12-14)6-9-17(21)20-10-11-22-15-4-2-1-3-5-15/h1-9,12H,10-11H2,(H,20,21)/b9-6+. The van der Waals surface area contributed by atoms with Gasteiger partial charge in [-0.1, -0.05) is 34.1 Å². The van der Waals surface area contributed by atoms with Gasteiger partial charge in [-0.2, -0.15) is 0 Å². The van der Waals surface area contributed by atoms with E-state index in [0.29, 0.717) is 18.7 Å². The van der Waals surface area contributed by atoms with E-state index in [0.717, 1.165) is 10.2 Å². The zero-order chi connectivity index (χ0) is 15.8. The van der Waals surface area contributed by atoms with E-state index >= 15 is 0 Å². The van der Waals surface area contributed by atoms with Gasteiger partial charge in [0.25, 0.3) is 0 Å². The molecule has 2 rings (SSSR count). The van der Waals surface area contributed by atoms with E-state index in [4.69, 9.17) is 4.74 Å². The second kappa shape index (κ2) is 8.34. The highest BCUT2D eigenvalue weighted by molar-refractivity contribution is 9.10. The van der Waals surface area contributed by atoms with Gasteiger partial charge in [0.2, 0.25) is 5.91 Å². The monoisotopic (exact) mass is 363 g/mol. The predicted molar refractivity (Wildman–Crippen MR) is 88.1 cm³/mol. The summed E-state index contributed by atoms with van der Waals surface area (Å²) >= 11 is 3.26. The number of amides is 1. The molecule has 0 unspecified atom stereocenters. The zero-order valence-electron chi connectivity index (χ0n) is 11.8. The van der Waals surface area contributed by atoms with E-state index in [2.05, 4.69) is 21.2 Å². The summed E-state index contributed by atoms with van der Waals surface area (Å²) in [6.07, 6.45) is 2.74. The minimum absolute atomic E-state index is 0.295. The summed E-state index contributed by atoms with van der Waals surface area (Å²) in [7, 11) is 0. The fourth-order valence-corrected chi connectivity index (χ4v) is 2.11. The highest BCUT2D eigenvalue weighted by atomic mass is 79.9. The highest BCUT2D eigenvalue weighted by Gasteiger charge is 2.00. The molecule has 2 aromatic carbocycles. The average molecular weight is 364 g/mol. The molecule has 22 heavy (non-hydrogen) atoms. The first-order chi connectivity index (χ1) is 10.6. The van der Waals surface area contributed by atoms with Crippen molar-refractivity contribution in [1.82, 2.24) is 5.32 Å². The van der Waals surface area contributed by atoms with Crippen LogP contribution < -0.4 is 10.1 Å². The topological polar surface area (TPSA) is 38.3 Å². The van der Waals surface area contributed by atoms with E-state index < -0.39 is 0 Å². The zero-order valence-corrected chi connectivity index (χ0v) is 13.3. The Bertz CT molecular complexity index is 659. The van der Waals surface area contributed by atoms with Crippen molar-refractivity contribution in [1.29, 1.82) is 0 Å². The van der Waals surface area contributed by atoms with Crippen LogP contribution in [-0.4, -0.2) is 19.1 Å². The lowest BCUT2D eigenvalue weighted by atomic mass is 10.2. The highest BCUT2D eigenvalue weighted by Crippen LogP contribution is 2.16. The maximum atomic E-state index is 13.5. The molecular weight excluding hydrogens is 349 g/mol. The number of rotatable bonds is 6. The fourth-order valence-electron chi connectivity index (χ4n) is 1.73. The van der Waals surface area contributed by atoms with Crippen LogP contribution in [0, 0.1) is 5.82 Å². The Hall–Kier alpha value is -2.14. The first-order valence-electron chi connectivity index (χ1n) is 6.74. The van der Waals surface area contributed by atoms with Crippen LogP contribution in [0.25, 0.3) is 6.08 Å². The molecule has 0 fully saturated rings. The van der Waals surface area contributed by atoms with Crippen LogP contribution in [0.15, 0.2) is 59.1 Å². The number of ether oxygens (including phenoxy) is 1. The van der Waals surface area contributed by atoms with Crippen LogP contribution >= 0.6 is 15.9 Å². The Morgan fingerprint density at radius 3 is 2.77 bits per heavy atom. The molecule has 114 valence electrons.